The topological polar surface area (TPSA) is 66.6 Å². The number of nitrogens with two attached hydrogens (primary N) is 1. The van der Waals surface area contributed by atoms with E-state index in [-0.39, 0.29) is 13.1 Å². The maximum Gasteiger partial charge on any atom is 0.246 e. The monoisotopic (exact) mass is 305 g/mol. The number of nitrogens with zero attached hydrogens (tertiary/aromatic N) is 2. The van der Waals surface area contributed by atoms with E-state index in [9.17, 15) is 17.2 Å². The van der Waals surface area contributed by atoms with Crippen LogP contribution < -0.4 is 5.73 Å². The molecule has 2 rings (SSSR count). The zero-order valence-corrected chi connectivity index (χ0v) is 11.9. The van der Waals surface area contributed by atoms with E-state index in [1.54, 1.807) is 0 Å². The lowest BCUT2D eigenvalue weighted by molar-refractivity contribution is 0.163. The Labute approximate surface area is 117 Å². The normalized spacial score (nSPS) is 22.1. The molecule has 1 unspecified atom stereocenters. The molecule has 2 N–H and O–H groups in total. The van der Waals surface area contributed by atoms with Crippen LogP contribution in [0.2, 0.25) is 0 Å². The van der Waals surface area contributed by atoms with Crippen LogP contribution in [0.1, 0.15) is 0 Å². The SMILES string of the molecule is CN1CCN(S(=O)(=O)c2cc(F)ccc2F)C(CN)C1. The molecule has 1 aromatic carbocycles. The molecular formula is C12H17F2N3O2S. The van der Waals surface area contributed by atoms with Crippen molar-refractivity contribution in [3.8, 4) is 0 Å². The lowest BCUT2D eigenvalue weighted by Crippen LogP contribution is -2.56. The van der Waals surface area contributed by atoms with Crippen molar-refractivity contribution in [3.05, 3.63) is 29.8 Å². The van der Waals surface area contributed by atoms with Crippen molar-refractivity contribution in [3.63, 3.8) is 0 Å². The Bertz CT molecular complexity index is 594. The van der Waals surface area contributed by atoms with Crippen LogP contribution in [0.3, 0.4) is 0 Å². The Morgan fingerprint density at radius 2 is 2.05 bits per heavy atom. The summed E-state index contributed by atoms with van der Waals surface area (Å²) in [4.78, 5) is 1.31. The fourth-order valence-electron chi connectivity index (χ4n) is 2.30. The number of likely N-dealkylation sites (N-methyl/N-ethyl adjacent to an activating group) is 1. The van der Waals surface area contributed by atoms with Crippen LogP contribution in [-0.2, 0) is 10.0 Å². The van der Waals surface area contributed by atoms with E-state index in [4.69, 9.17) is 5.73 Å². The first-order valence-corrected chi connectivity index (χ1v) is 7.65. The molecule has 20 heavy (non-hydrogen) atoms. The minimum absolute atomic E-state index is 0.126. The molecule has 1 aliphatic heterocycles. The van der Waals surface area contributed by atoms with Gasteiger partial charge in [-0.25, -0.2) is 17.2 Å². The van der Waals surface area contributed by atoms with Crippen LogP contribution in [0.5, 0.6) is 0 Å². The molecule has 1 saturated heterocycles. The molecule has 5 nitrogen and oxygen atoms in total. The molecule has 0 aromatic heterocycles. The highest BCUT2D eigenvalue weighted by Gasteiger charge is 2.36. The summed E-state index contributed by atoms with van der Waals surface area (Å²) in [5.41, 5.74) is 5.60. The first kappa shape index (κ1) is 15.3. The van der Waals surface area contributed by atoms with E-state index < -0.39 is 32.6 Å². The molecule has 1 aromatic rings. The van der Waals surface area contributed by atoms with E-state index in [1.165, 1.54) is 0 Å². The van der Waals surface area contributed by atoms with E-state index in [2.05, 4.69) is 0 Å². The predicted molar refractivity (Wildman–Crippen MR) is 70.6 cm³/mol. The lowest BCUT2D eigenvalue weighted by Gasteiger charge is -2.38. The fourth-order valence-corrected chi connectivity index (χ4v) is 4.00. The van der Waals surface area contributed by atoms with Crippen molar-refractivity contribution in [2.45, 2.75) is 10.9 Å². The highest BCUT2D eigenvalue weighted by Crippen LogP contribution is 2.23. The number of hydrogen-bond donors (Lipinski definition) is 1. The average Bonchev–Trinajstić information content (AvgIpc) is 2.40. The van der Waals surface area contributed by atoms with Gasteiger partial charge in [-0.15, -0.1) is 0 Å². The Hall–Kier alpha value is -1.09. The minimum atomic E-state index is -4.09. The summed E-state index contributed by atoms with van der Waals surface area (Å²) in [6.45, 7) is 1.32. The van der Waals surface area contributed by atoms with Gasteiger partial charge in [-0.3, -0.25) is 0 Å². The van der Waals surface area contributed by atoms with Crippen molar-refractivity contribution in [1.29, 1.82) is 0 Å². The standard InChI is InChI=1S/C12H17F2N3O2S/c1-16-4-5-17(10(7-15)8-16)20(18,19)12-6-9(13)2-3-11(12)14/h2-3,6,10H,4-5,7-8,15H2,1H3. The molecule has 1 fully saturated rings. The van der Waals surface area contributed by atoms with Gasteiger partial charge in [0.1, 0.15) is 16.5 Å². The Kier molecular flexibility index (Phi) is 4.38. The first-order valence-electron chi connectivity index (χ1n) is 6.21. The minimum Gasteiger partial charge on any atom is -0.329 e. The number of rotatable bonds is 3. The van der Waals surface area contributed by atoms with Gasteiger partial charge in [0.25, 0.3) is 0 Å². The second-order valence-electron chi connectivity index (χ2n) is 4.84. The van der Waals surface area contributed by atoms with E-state index in [0.29, 0.717) is 19.2 Å². The van der Waals surface area contributed by atoms with Crippen molar-refractivity contribution < 1.29 is 17.2 Å². The number of halogens is 2. The van der Waals surface area contributed by atoms with Crippen LogP contribution in [0.15, 0.2) is 23.1 Å². The van der Waals surface area contributed by atoms with Crippen molar-refractivity contribution in [1.82, 2.24) is 9.21 Å². The van der Waals surface area contributed by atoms with Crippen LogP contribution in [0, 0.1) is 11.6 Å². The third-order valence-electron chi connectivity index (χ3n) is 3.38. The predicted octanol–water partition coefficient (Wildman–Crippen LogP) is 0.228. The zero-order valence-electron chi connectivity index (χ0n) is 11.1. The molecule has 0 spiro atoms. The van der Waals surface area contributed by atoms with Gasteiger partial charge >= 0.3 is 0 Å². The maximum absolute atomic E-state index is 13.7. The molecule has 8 heteroatoms. The fraction of sp³-hybridized carbons (Fsp3) is 0.500. The Balaban J connectivity index is 2.41. The molecule has 0 aliphatic carbocycles. The highest BCUT2D eigenvalue weighted by atomic mass is 32.2. The van der Waals surface area contributed by atoms with Gasteiger partial charge in [0.05, 0.1) is 6.04 Å². The molecule has 0 radical (unpaired) electrons. The smallest absolute Gasteiger partial charge is 0.246 e. The number of hydrogen-bond acceptors (Lipinski definition) is 4. The summed E-state index contributed by atoms with van der Waals surface area (Å²) >= 11 is 0. The summed E-state index contributed by atoms with van der Waals surface area (Å²) in [6, 6.07) is 1.96. The van der Waals surface area contributed by atoms with Crippen LogP contribution in [-0.4, -0.2) is 56.9 Å². The number of benzene rings is 1. The average molecular weight is 305 g/mol. The summed E-state index contributed by atoms with van der Waals surface area (Å²) < 4.78 is 53.0. The quantitative estimate of drug-likeness (QED) is 0.868. The van der Waals surface area contributed by atoms with Crippen LogP contribution in [0.25, 0.3) is 0 Å². The van der Waals surface area contributed by atoms with Gasteiger partial charge in [-0.1, -0.05) is 0 Å². The van der Waals surface area contributed by atoms with Gasteiger partial charge in [-0.05, 0) is 25.2 Å². The maximum atomic E-state index is 13.7. The zero-order chi connectivity index (χ0) is 14.9. The van der Waals surface area contributed by atoms with Gasteiger partial charge in [0.15, 0.2) is 0 Å². The number of sulfonamides is 1. The van der Waals surface area contributed by atoms with Crippen LogP contribution >= 0.6 is 0 Å². The second kappa shape index (κ2) is 5.72. The third-order valence-corrected chi connectivity index (χ3v) is 5.35. The summed E-state index contributed by atoms with van der Waals surface area (Å²) in [5.74, 6) is -1.75. The van der Waals surface area contributed by atoms with Crippen LogP contribution in [0.4, 0.5) is 8.78 Å². The molecule has 1 heterocycles. The Morgan fingerprint density at radius 1 is 1.35 bits per heavy atom. The molecule has 1 aliphatic rings. The van der Waals surface area contributed by atoms with E-state index in [0.717, 1.165) is 16.4 Å². The summed E-state index contributed by atoms with van der Waals surface area (Å²) in [7, 11) is -2.23. The molecular weight excluding hydrogens is 288 g/mol. The second-order valence-corrected chi connectivity index (χ2v) is 6.70. The largest absolute Gasteiger partial charge is 0.329 e. The van der Waals surface area contributed by atoms with Gasteiger partial charge in [0, 0.05) is 26.2 Å². The van der Waals surface area contributed by atoms with E-state index >= 15 is 0 Å². The van der Waals surface area contributed by atoms with E-state index in [1.807, 2.05) is 11.9 Å². The molecule has 0 bridgehead atoms. The first-order chi connectivity index (χ1) is 9.36. The summed E-state index contributed by atoms with van der Waals surface area (Å²) in [6.07, 6.45) is 0. The summed E-state index contributed by atoms with van der Waals surface area (Å²) in [5, 5.41) is 0. The molecule has 0 amide bonds. The molecule has 1 atom stereocenters. The van der Waals surface area contributed by atoms with Gasteiger partial charge in [0.2, 0.25) is 10.0 Å². The van der Waals surface area contributed by atoms with Crippen molar-refractivity contribution >= 4 is 10.0 Å². The Morgan fingerprint density at radius 3 is 2.70 bits per heavy atom. The van der Waals surface area contributed by atoms with Gasteiger partial charge in [-0.2, -0.15) is 4.31 Å². The highest BCUT2D eigenvalue weighted by molar-refractivity contribution is 7.89. The third kappa shape index (κ3) is 2.83. The van der Waals surface area contributed by atoms with Crippen molar-refractivity contribution in [2.24, 2.45) is 5.73 Å². The van der Waals surface area contributed by atoms with Crippen molar-refractivity contribution in [2.75, 3.05) is 33.2 Å². The molecule has 0 saturated carbocycles. The van der Waals surface area contributed by atoms with Gasteiger partial charge < -0.3 is 10.6 Å². The molecule has 112 valence electrons. The lowest BCUT2D eigenvalue weighted by atomic mass is 10.2. The number of piperazine rings is 1.